The van der Waals surface area contributed by atoms with Gasteiger partial charge >= 0.3 is 0 Å². The number of hydrogen-bond donors (Lipinski definition) is 0. The van der Waals surface area contributed by atoms with E-state index in [2.05, 4.69) is 0 Å². The molecule has 110 valence electrons. The van der Waals surface area contributed by atoms with Crippen LogP contribution < -0.4 is 0 Å². The summed E-state index contributed by atoms with van der Waals surface area (Å²) in [5.41, 5.74) is 0. The van der Waals surface area contributed by atoms with Gasteiger partial charge in [0.1, 0.15) is 0 Å². The molecule has 20 heavy (non-hydrogen) atoms. The van der Waals surface area contributed by atoms with E-state index >= 15 is 0 Å². The predicted molar refractivity (Wildman–Crippen MR) is 70.2 cm³/mol. The van der Waals surface area contributed by atoms with Crippen molar-refractivity contribution in [3.05, 3.63) is 29.8 Å². The van der Waals surface area contributed by atoms with Crippen LogP contribution in [-0.4, -0.2) is 25.8 Å². The number of benzene rings is 1. The monoisotopic (exact) mass is 302 g/mol. The normalized spacial score (nSPS) is 11.8. The van der Waals surface area contributed by atoms with Crippen LogP contribution in [-0.2, 0) is 10.0 Å². The lowest BCUT2D eigenvalue weighted by Gasteiger charge is -2.23. The van der Waals surface area contributed by atoms with Crippen LogP contribution in [0.15, 0.2) is 23.1 Å². The first-order valence-corrected chi connectivity index (χ1v) is 7.55. The first kappa shape index (κ1) is 16.5. The zero-order valence-electron chi connectivity index (χ0n) is 11.3. The van der Waals surface area contributed by atoms with Crippen molar-refractivity contribution in [3.63, 3.8) is 0 Å². The van der Waals surface area contributed by atoms with Crippen LogP contribution >= 0.6 is 0 Å². The van der Waals surface area contributed by atoms with Gasteiger partial charge < -0.3 is 0 Å². The Balaban J connectivity index is 3.14. The first-order valence-electron chi connectivity index (χ1n) is 6.11. The molecule has 0 heterocycles. The van der Waals surface area contributed by atoms with E-state index in [4.69, 9.17) is 5.26 Å². The van der Waals surface area contributed by atoms with Crippen molar-refractivity contribution in [2.45, 2.75) is 25.2 Å². The Hall–Kier alpha value is -1.52. The fourth-order valence-electron chi connectivity index (χ4n) is 1.68. The molecule has 0 saturated carbocycles. The third-order valence-electron chi connectivity index (χ3n) is 2.57. The average Bonchev–Trinajstić information content (AvgIpc) is 2.37. The SMILES string of the molecule is CC(C)CN(CCC#N)S(=O)(=O)c1ccc(F)c(F)c1. The minimum Gasteiger partial charge on any atom is -0.207 e. The van der Waals surface area contributed by atoms with E-state index in [1.165, 1.54) is 0 Å². The Morgan fingerprint density at radius 3 is 2.45 bits per heavy atom. The number of halogens is 2. The third kappa shape index (κ3) is 3.99. The van der Waals surface area contributed by atoms with Gasteiger partial charge in [0.05, 0.1) is 11.0 Å². The molecule has 0 saturated heterocycles. The van der Waals surface area contributed by atoms with Crippen LogP contribution in [0, 0.1) is 28.9 Å². The lowest BCUT2D eigenvalue weighted by molar-refractivity contribution is 0.372. The second kappa shape index (κ2) is 6.77. The van der Waals surface area contributed by atoms with Crippen molar-refractivity contribution >= 4 is 10.0 Å². The smallest absolute Gasteiger partial charge is 0.207 e. The molecule has 0 aliphatic heterocycles. The van der Waals surface area contributed by atoms with Gasteiger partial charge in [-0.25, -0.2) is 17.2 Å². The molecular formula is C13H16F2N2O2S. The Bertz CT molecular complexity index is 609. The Labute approximate surface area is 117 Å². The molecule has 1 aromatic rings. The Morgan fingerprint density at radius 1 is 1.30 bits per heavy atom. The molecule has 0 aromatic heterocycles. The summed E-state index contributed by atoms with van der Waals surface area (Å²) in [6.07, 6.45) is 0.0373. The fraction of sp³-hybridized carbons (Fsp3) is 0.462. The summed E-state index contributed by atoms with van der Waals surface area (Å²) in [7, 11) is -3.93. The van der Waals surface area contributed by atoms with Gasteiger partial charge in [-0.1, -0.05) is 13.8 Å². The van der Waals surface area contributed by atoms with Gasteiger partial charge in [-0.05, 0) is 24.1 Å². The summed E-state index contributed by atoms with van der Waals surface area (Å²) in [5, 5.41) is 8.58. The van der Waals surface area contributed by atoms with Crippen LogP contribution in [0.2, 0.25) is 0 Å². The molecule has 7 heteroatoms. The molecule has 0 aliphatic rings. The highest BCUT2D eigenvalue weighted by atomic mass is 32.2. The zero-order valence-corrected chi connectivity index (χ0v) is 12.1. The number of nitrogens with zero attached hydrogens (tertiary/aromatic N) is 2. The van der Waals surface area contributed by atoms with E-state index in [0.29, 0.717) is 6.07 Å². The van der Waals surface area contributed by atoms with Gasteiger partial charge in [-0.3, -0.25) is 0 Å². The minimum absolute atomic E-state index is 0.0238. The Kier molecular flexibility index (Phi) is 5.60. The molecule has 0 bridgehead atoms. The lowest BCUT2D eigenvalue weighted by Crippen LogP contribution is -2.35. The van der Waals surface area contributed by atoms with E-state index in [0.717, 1.165) is 16.4 Å². The summed E-state index contributed by atoms with van der Waals surface area (Å²) in [6, 6.07) is 4.33. The standard InChI is InChI=1S/C13H16F2N2O2S/c1-10(2)9-17(7-3-6-16)20(18,19)11-4-5-12(14)13(15)8-11/h4-5,8,10H,3,7,9H2,1-2H3. The first-order chi connectivity index (χ1) is 9.28. The molecule has 0 amide bonds. The van der Waals surface area contributed by atoms with Crippen LogP contribution in [0.5, 0.6) is 0 Å². The predicted octanol–water partition coefficient (Wildman–Crippen LogP) is 2.53. The van der Waals surface area contributed by atoms with Crippen molar-refractivity contribution in [2.75, 3.05) is 13.1 Å². The number of rotatable bonds is 6. The molecule has 0 N–H and O–H groups in total. The van der Waals surface area contributed by atoms with Gasteiger partial charge in [-0.2, -0.15) is 9.57 Å². The molecule has 0 aliphatic carbocycles. The second-order valence-corrected chi connectivity index (χ2v) is 6.68. The molecule has 0 spiro atoms. The zero-order chi connectivity index (χ0) is 15.3. The molecule has 0 radical (unpaired) electrons. The van der Waals surface area contributed by atoms with Gasteiger partial charge in [0.25, 0.3) is 0 Å². The summed E-state index contributed by atoms with van der Waals surface area (Å²) in [5.74, 6) is -2.26. The summed E-state index contributed by atoms with van der Waals surface area (Å²) in [4.78, 5) is -0.310. The molecule has 1 aromatic carbocycles. The molecule has 4 nitrogen and oxygen atoms in total. The van der Waals surface area contributed by atoms with Gasteiger partial charge in [0.2, 0.25) is 10.0 Å². The third-order valence-corrected chi connectivity index (χ3v) is 4.43. The maximum Gasteiger partial charge on any atom is 0.243 e. The summed E-state index contributed by atoms with van der Waals surface area (Å²) < 4.78 is 51.9. The lowest BCUT2D eigenvalue weighted by atomic mass is 10.2. The van der Waals surface area contributed by atoms with Crippen LogP contribution in [0.4, 0.5) is 8.78 Å². The van der Waals surface area contributed by atoms with Gasteiger partial charge in [0, 0.05) is 19.5 Å². The van der Waals surface area contributed by atoms with E-state index < -0.39 is 21.7 Å². The topological polar surface area (TPSA) is 61.2 Å². The van der Waals surface area contributed by atoms with Crippen molar-refractivity contribution in [1.29, 1.82) is 5.26 Å². The number of hydrogen-bond acceptors (Lipinski definition) is 3. The van der Waals surface area contributed by atoms with Gasteiger partial charge in [0.15, 0.2) is 11.6 Å². The van der Waals surface area contributed by atoms with Crippen LogP contribution in [0.3, 0.4) is 0 Å². The highest BCUT2D eigenvalue weighted by molar-refractivity contribution is 7.89. The van der Waals surface area contributed by atoms with Crippen LogP contribution in [0.25, 0.3) is 0 Å². The minimum atomic E-state index is -3.93. The van der Waals surface area contributed by atoms with E-state index in [1.54, 1.807) is 0 Å². The highest BCUT2D eigenvalue weighted by Gasteiger charge is 2.25. The van der Waals surface area contributed by atoms with Gasteiger partial charge in [-0.15, -0.1) is 0 Å². The van der Waals surface area contributed by atoms with Crippen molar-refractivity contribution in [3.8, 4) is 6.07 Å². The largest absolute Gasteiger partial charge is 0.243 e. The molecule has 1 rings (SSSR count). The average molecular weight is 302 g/mol. The van der Waals surface area contributed by atoms with Crippen molar-refractivity contribution in [2.24, 2.45) is 5.92 Å². The van der Waals surface area contributed by atoms with E-state index in [-0.39, 0.29) is 30.3 Å². The molecule has 0 unspecified atom stereocenters. The van der Waals surface area contributed by atoms with E-state index in [1.807, 2.05) is 19.9 Å². The maximum absolute atomic E-state index is 13.2. The fourth-order valence-corrected chi connectivity index (χ4v) is 3.29. The maximum atomic E-state index is 13.2. The molecular weight excluding hydrogens is 286 g/mol. The number of nitriles is 1. The second-order valence-electron chi connectivity index (χ2n) is 4.74. The highest BCUT2D eigenvalue weighted by Crippen LogP contribution is 2.19. The van der Waals surface area contributed by atoms with E-state index in [9.17, 15) is 17.2 Å². The Morgan fingerprint density at radius 2 is 1.95 bits per heavy atom. The summed E-state index contributed by atoms with van der Waals surface area (Å²) in [6.45, 7) is 3.90. The quantitative estimate of drug-likeness (QED) is 0.811. The van der Waals surface area contributed by atoms with Crippen molar-refractivity contribution in [1.82, 2.24) is 4.31 Å². The number of sulfonamides is 1. The van der Waals surface area contributed by atoms with Crippen LogP contribution in [0.1, 0.15) is 20.3 Å². The van der Waals surface area contributed by atoms with Crippen molar-refractivity contribution < 1.29 is 17.2 Å². The molecule has 0 atom stereocenters. The summed E-state index contributed by atoms with van der Waals surface area (Å²) >= 11 is 0. The molecule has 0 fully saturated rings.